The fraction of sp³-hybridized carbons (Fsp3) is 0.417. The van der Waals surface area contributed by atoms with Crippen molar-refractivity contribution < 1.29 is 0 Å². The lowest BCUT2D eigenvalue weighted by atomic mass is 10.1. The van der Waals surface area contributed by atoms with E-state index in [1.807, 2.05) is 7.05 Å². The molecule has 0 spiro atoms. The molecule has 5 nitrogen and oxygen atoms in total. The Hall–Kier alpha value is -0.920. The van der Waals surface area contributed by atoms with E-state index < -0.39 is 0 Å². The molecule has 0 amide bonds. The van der Waals surface area contributed by atoms with Crippen LogP contribution in [0.2, 0.25) is 0 Å². The average Bonchev–Trinajstić information content (AvgIpc) is 2.75. The van der Waals surface area contributed by atoms with Gasteiger partial charge < -0.3 is 5.32 Å². The molecule has 0 radical (unpaired) electrons. The van der Waals surface area contributed by atoms with Crippen LogP contribution >= 0.6 is 27.7 Å². The van der Waals surface area contributed by atoms with Crippen LogP contribution in [0.1, 0.15) is 25.5 Å². The molecule has 2 rings (SSSR count). The Kier molecular flexibility index (Phi) is 4.95. The number of tetrazole rings is 1. The van der Waals surface area contributed by atoms with Crippen molar-refractivity contribution in [2.75, 3.05) is 6.54 Å². The van der Waals surface area contributed by atoms with E-state index >= 15 is 0 Å². The molecule has 0 aliphatic carbocycles. The van der Waals surface area contributed by atoms with Gasteiger partial charge in [0.05, 0.1) is 0 Å². The van der Waals surface area contributed by atoms with E-state index in [-0.39, 0.29) is 0 Å². The van der Waals surface area contributed by atoms with Crippen LogP contribution in [0.4, 0.5) is 0 Å². The molecule has 1 N–H and O–H groups in total. The first-order chi connectivity index (χ1) is 9.11. The Morgan fingerprint density at radius 2 is 2.26 bits per heavy atom. The van der Waals surface area contributed by atoms with E-state index in [1.54, 1.807) is 16.4 Å². The van der Waals surface area contributed by atoms with Crippen molar-refractivity contribution in [1.29, 1.82) is 0 Å². The third kappa shape index (κ3) is 3.55. The molecule has 0 aliphatic rings. The second kappa shape index (κ2) is 6.49. The number of halogens is 1. The first kappa shape index (κ1) is 14.5. The lowest BCUT2D eigenvalue weighted by Gasteiger charge is -2.15. The highest BCUT2D eigenvalue weighted by molar-refractivity contribution is 9.10. The molecule has 0 aliphatic heterocycles. The van der Waals surface area contributed by atoms with Crippen LogP contribution in [0.25, 0.3) is 0 Å². The van der Waals surface area contributed by atoms with Gasteiger partial charge >= 0.3 is 0 Å². The monoisotopic (exact) mass is 341 g/mol. The number of hydrogen-bond donors (Lipinski definition) is 1. The molecule has 7 heteroatoms. The number of rotatable bonds is 5. The summed E-state index contributed by atoms with van der Waals surface area (Å²) in [5.41, 5.74) is 1.25. The number of hydrogen-bond acceptors (Lipinski definition) is 5. The molecule has 2 aromatic rings. The van der Waals surface area contributed by atoms with Crippen molar-refractivity contribution >= 4 is 27.7 Å². The van der Waals surface area contributed by atoms with Gasteiger partial charge in [-0.2, -0.15) is 0 Å². The Balaban J connectivity index is 2.17. The van der Waals surface area contributed by atoms with Gasteiger partial charge in [-0.05, 0) is 53.4 Å². The van der Waals surface area contributed by atoms with E-state index in [2.05, 4.69) is 68.8 Å². The lowest BCUT2D eigenvalue weighted by molar-refractivity contribution is 0.595. The number of nitrogens with one attached hydrogen (secondary N) is 1. The van der Waals surface area contributed by atoms with Gasteiger partial charge in [0, 0.05) is 22.5 Å². The van der Waals surface area contributed by atoms with Gasteiger partial charge in [-0.15, -0.1) is 5.10 Å². The minimum Gasteiger partial charge on any atom is -0.310 e. The van der Waals surface area contributed by atoms with E-state index in [0.717, 1.165) is 21.1 Å². The summed E-state index contributed by atoms with van der Waals surface area (Å²) in [5.74, 6) is 0. The molecule has 19 heavy (non-hydrogen) atoms. The van der Waals surface area contributed by atoms with Crippen molar-refractivity contribution in [2.24, 2.45) is 7.05 Å². The summed E-state index contributed by atoms with van der Waals surface area (Å²) in [6.07, 6.45) is 0. The second-order valence-corrected chi connectivity index (χ2v) is 6.04. The summed E-state index contributed by atoms with van der Waals surface area (Å²) in [5, 5.41) is 15.6. The van der Waals surface area contributed by atoms with Gasteiger partial charge in [0.15, 0.2) is 0 Å². The molecule has 1 unspecified atom stereocenters. The van der Waals surface area contributed by atoms with Crippen LogP contribution in [0.3, 0.4) is 0 Å². The number of nitrogens with zero attached hydrogens (tertiary/aromatic N) is 4. The summed E-state index contributed by atoms with van der Waals surface area (Å²) in [6.45, 7) is 5.22. The van der Waals surface area contributed by atoms with Crippen molar-refractivity contribution in [3.63, 3.8) is 0 Å². The minimum atomic E-state index is 0.329. The average molecular weight is 342 g/mol. The van der Waals surface area contributed by atoms with Crippen LogP contribution in [0.5, 0.6) is 0 Å². The summed E-state index contributed by atoms with van der Waals surface area (Å²) < 4.78 is 2.76. The lowest BCUT2D eigenvalue weighted by Crippen LogP contribution is -2.18. The highest BCUT2D eigenvalue weighted by Gasteiger charge is 2.10. The molecular weight excluding hydrogens is 326 g/mol. The molecule has 0 fully saturated rings. The maximum atomic E-state index is 3.96. The largest absolute Gasteiger partial charge is 0.310 e. The molecule has 0 saturated heterocycles. The summed E-state index contributed by atoms with van der Waals surface area (Å²) in [4.78, 5) is 1.11. The van der Waals surface area contributed by atoms with Gasteiger partial charge in [0.2, 0.25) is 5.16 Å². The first-order valence-electron chi connectivity index (χ1n) is 6.05. The fourth-order valence-corrected chi connectivity index (χ4v) is 3.40. The predicted molar refractivity (Wildman–Crippen MR) is 79.2 cm³/mol. The van der Waals surface area contributed by atoms with Gasteiger partial charge in [-0.25, -0.2) is 4.68 Å². The predicted octanol–water partition coefficient (Wildman–Crippen LogP) is 2.79. The Morgan fingerprint density at radius 3 is 2.84 bits per heavy atom. The van der Waals surface area contributed by atoms with Crippen molar-refractivity contribution in [3.05, 3.63) is 28.2 Å². The highest BCUT2D eigenvalue weighted by Crippen LogP contribution is 2.31. The van der Waals surface area contributed by atoms with E-state index in [0.29, 0.717) is 6.04 Å². The third-order valence-electron chi connectivity index (χ3n) is 2.74. The normalized spacial score (nSPS) is 12.6. The quantitative estimate of drug-likeness (QED) is 0.906. The molecule has 102 valence electrons. The number of aryl methyl sites for hydroxylation is 1. The maximum Gasteiger partial charge on any atom is 0.213 e. The summed E-state index contributed by atoms with van der Waals surface area (Å²) in [7, 11) is 1.83. The van der Waals surface area contributed by atoms with Crippen LogP contribution in [0, 0.1) is 0 Å². The maximum absolute atomic E-state index is 3.96. The Labute approximate surface area is 125 Å². The Morgan fingerprint density at radius 1 is 1.47 bits per heavy atom. The minimum absolute atomic E-state index is 0.329. The SMILES string of the molecule is CCNC(C)c1ccc(Sc2nnnn2C)cc1Br. The van der Waals surface area contributed by atoms with Crippen molar-refractivity contribution in [1.82, 2.24) is 25.5 Å². The zero-order valence-electron chi connectivity index (χ0n) is 11.1. The molecule has 0 saturated carbocycles. The smallest absolute Gasteiger partial charge is 0.213 e. The van der Waals surface area contributed by atoms with Crippen LogP contribution < -0.4 is 5.32 Å². The zero-order chi connectivity index (χ0) is 13.8. The molecule has 1 atom stereocenters. The number of benzene rings is 1. The number of aromatic nitrogens is 4. The van der Waals surface area contributed by atoms with Gasteiger partial charge in [0.25, 0.3) is 0 Å². The van der Waals surface area contributed by atoms with Crippen molar-refractivity contribution in [3.8, 4) is 0 Å². The fourth-order valence-electron chi connectivity index (χ4n) is 1.75. The highest BCUT2D eigenvalue weighted by atomic mass is 79.9. The van der Waals surface area contributed by atoms with Gasteiger partial charge in [0.1, 0.15) is 0 Å². The van der Waals surface area contributed by atoms with Gasteiger partial charge in [-0.1, -0.05) is 28.9 Å². The van der Waals surface area contributed by atoms with Crippen LogP contribution in [-0.2, 0) is 7.05 Å². The van der Waals surface area contributed by atoms with Crippen molar-refractivity contribution in [2.45, 2.75) is 29.9 Å². The zero-order valence-corrected chi connectivity index (χ0v) is 13.5. The Bertz CT molecular complexity index is 557. The molecular formula is C12H16BrN5S. The van der Waals surface area contributed by atoms with E-state index in [4.69, 9.17) is 0 Å². The second-order valence-electron chi connectivity index (χ2n) is 4.15. The summed E-state index contributed by atoms with van der Waals surface area (Å²) in [6, 6.07) is 6.65. The molecule has 1 aromatic heterocycles. The molecule has 1 heterocycles. The van der Waals surface area contributed by atoms with E-state index in [9.17, 15) is 0 Å². The van der Waals surface area contributed by atoms with Crippen LogP contribution in [0.15, 0.2) is 32.7 Å². The van der Waals surface area contributed by atoms with E-state index in [1.165, 1.54) is 5.56 Å². The molecule has 1 aromatic carbocycles. The summed E-state index contributed by atoms with van der Waals surface area (Å²) >= 11 is 5.17. The third-order valence-corrected chi connectivity index (χ3v) is 4.44. The van der Waals surface area contributed by atoms with Gasteiger partial charge in [-0.3, -0.25) is 0 Å². The topological polar surface area (TPSA) is 55.6 Å². The standard InChI is InChI=1S/C12H16BrN5S/c1-4-14-8(2)10-6-5-9(7-11(10)13)19-12-15-16-17-18(12)3/h5-8,14H,4H2,1-3H3. The first-order valence-corrected chi connectivity index (χ1v) is 7.65. The molecule has 0 bridgehead atoms. The van der Waals surface area contributed by atoms with Crippen LogP contribution in [-0.4, -0.2) is 26.8 Å².